The van der Waals surface area contributed by atoms with E-state index in [1.807, 2.05) is 18.2 Å². The molecule has 0 saturated heterocycles. The summed E-state index contributed by atoms with van der Waals surface area (Å²) in [6.45, 7) is 0. The molecule has 2 unspecified atom stereocenters. The van der Waals surface area contributed by atoms with Gasteiger partial charge in [0.25, 0.3) is 0 Å². The zero-order valence-electron chi connectivity index (χ0n) is 13.8. The van der Waals surface area contributed by atoms with Crippen LogP contribution >= 0.6 is 11.3 Å². The Labute approximate surface area is 149 Å². The molecule has 1 fully saturated rings. The number of anilines is 1. The van der Waals surface area contributed by atoms with E-state index in [0.717, 1.165) is 35.0 Å². The molecule has 1 N–H and O–H groups in total. The van der Waals surface area contributed by atoms with E-state index in [2.05, 4.69) is 20.3 Å². The first kappa shape index (κ1) is 16.1. The van der Waals surface area contributed by atoms with Gasteiger partial charge in [-0.1, -0.05) is 11.3 Å². The molecule has 0 radical (unpaired) electrons. The Morgan fingerprint density at radius 2 is 2.12 bits per heavy atom. The van der Waals surface area contributed by atoms with Crippen LogP contribution in [0, 0.1) is 5.92 Å². The third kappa shape index (κ3) is 3.38. The van der Waals surface area contributed by atoms with Gasteiger partial charge in [-0.3, -0.25) is 4.79 Å². The minimum Gasteiger partial charge on any atom is -0.381 e. The first-order valence-corrected chi connectivity index (χ1v) is 9.06. The van der Waals surface area contributed by atoms with Gasteiger partial charge in [-0.25, -0.2) is 15.0 Å². The fraction of sp³-hybridized carbons (Fsp3) is 0.333. The number of benzene rings is 1. The number of carbonyl (C=O) groups excluding carboxylic acids is 1. The molecule has 1 amide bonds. The third-order valence-electron chi connectivity index (χ3n) is 4.53. The maximum atomic E-state index is 12.4. The molecule has 0 bridgehead atoms. The lowest BCUT2D eigenvalue weighted by Crippen LogP contribution is -2.21. The number of ether oxygens (including phenoxy) is 1. The molecule has 0 spiro atoms. The molecule has 0 aliphatic heterocycles. The molecule has 1 aromatic carbocycles. The molecular weight excluding hydrogens is 336 g/mol. The number of carbonyl (C=O) groups is 1. The maximum Gasteiger partial charge on any atom is 0.229 e. The summed E-state index contributed by atoms with van der Waals surface area (Å²) in [6.07, 6.45) is 6.22. The quantitative estimate of drug-likeness (QED) is 0.776. The largest absolute Gasteiger partial charge is 0.381 e. The predicted molar refractivity (Wildman–Crippen MR) is 97.4 cm³/mol. The average molecular weight is 354 g/mol. The van der Waals surface area contributed by atoms with Gasteiger partial charge in [-0.15, -0.1) is 0 Å². The molecule has 4 rings (SSSR count). The van der Waals surface area contributed by atoms with Crippen molar-refractivity contribution < 1.29 is 9.53 Å². The van der Waals surface area contributed by atoms with E-state index in [4.69, 9.17) is 4.74 Å². The second kappa shape index (κ2) is 6.85. The second-order valence-corrected chi connectivity index (χ2v) is 7.16. The Hall–Kier alpha value is -2.38. The Kier molecular flexibility index (Phi) is 4.42. The summed E-state index contributed by atoms with van der Waals surface area (Å²) in [5.74, 6) is 0.718. The van der Waals surface area contributed by atoms with Crippen molar-refractivity contribution in [2.75, 3.05) is 12.4 Å². The molecule has 1 aliphatic carbocycles. The van der Waals surface area contributed by atoms with Crippen LogP contribution in [0.5, 0.6) is 0 Å². The summed E-state index contributed by atoms with van der Waals surface area (Å²) in [5, 5.41) is 3.59. The minimum atomic E-state index is 0.00485. The molecule has 1 saturated carbocycles. The van der Waals surface area contributed by atoms with Gasteiger partial charge in [-0.2, -0.15) is 0 Å². The number of fused-ring (bicyclic) bond motifs is 1. The van der Waals surface area contributed by atoms with Gasteiger partial charge in [-0.05, 0) is 43.5 Å². The fourth-order valence-corrected chi connectivity index (χ4v) is 4.07. The highest BCUT2D eigenvalue weighted by molar-refractivity contribution is 7.22. The SMILES string of the molecule is COC1CCC(C(=O)Nc2nc3ccc(-c4ncccn4)cc3s2)C1. The number of nitrogens with one attached hydrogen (secondary N) is 1. The van der Waals surface area contributed by atoms with Crippen LogP contribution in [-0.2, 0) is 9.53 Å². The summed E-state index contributed by atoms with van der Waals surface area (Å²) in [4.78, 5) is 25.5. The second-order valence-electron chi connectivity index (χ2n) is 6.13. The van der Waals surface area contributed by atoms with Crippen molar-refractivity contribution in [3.8, 4) is 11.4 Å². The van der Waals surface area contributed by atoms with Crippen molar-refractivity contribution in [3.63, 3.8) is 0 Å². The van der Waals surface area contributed by atoms with Gasteiger partial charge < -0.3 is 10.1 Å². The van der Waals surface area contributed by atoms with E-state index in [1.54, 1.807) is 25.6 Å². The van der Waals surface area contributed by atoms with Crippen LogP contribution in [-0.4, -0.2) is 34.1 Å². The Morgan fingerprint density at radius 1 is 1.28 bits per heavy atom. The van der Waals surface area contributed by atoms with Crippen LogP contribution in [0.3, 0.4) is 0 Å². The van der Waals surface area contributed by atoms with E-state index < -0.39 is 0 Å². The number of nitrogens with zero attached hydrogens (tertiary/aromatic N) is 3. The summed E-state index contributed by atoms with van der Waals surface area (Å²) >= 11 is 1.47. The van der Waals surface area contributed by atoms with E-state index in [1.165, 1.54) is 11.3 Å². The Balaban J connectivity index is 1.52. The lowest BCUT2D eigenvalue weighted by molar-refractivity contribution is -0.119. The topological polar surface area (TPSA) is 77.0 Å². The Morgan fingerprint density at radius 3 is 2.88 bits per heavy atom. The molecule has 2 heterocycles. The first-order valence-electron chi connectivity index (χ1n) is 8.24. The van der Waals surface area contributed by atoms with Gasteiger partial charge >= 0.3 is 0 Å². The highest BCUT2D eigenvalue weighted by Crippen LogP contribution is 2.32. The number of methoxy groups -OCH3 is 1. The maximum absolute atomic E-state index is 12.4. The lowest BCUT2D eigenvalue weighted by atomic mass is 10.1. The van der Waals surface area contributed by atoms with Gasteiger partial charge in [0.05, 0.1) is 16.3 Å². The molecule has 2 atom stereocenters. The molecule has 7 heteroatoms. The number of rotatable bonds is 4. The zero-order valence-corrected chi connectivity index (χ0v) is 14.6. The summed E-state index contributed by atoms with van der Waals surface area (Å²) in [7, 11) is 1.70. The van der Waals surface area contributed by atoms with E-state index in [-0.39, 0.29) is 17.9 Å². The molecule has 25 heavy (non-hydrogen) atoms. The number of aromatic nitrogens is 3. The van der Waals surface area contributed by atoms with Crippen LogP contribution in [0.25, 0.3) is 21.6 Å². The van der Waals surface area contributed by atoms with Crippen LogP contribution in [0.1, 0.15) is 19.3 Å². The number of hydrogen-bond acceptors (Lipinski definition) is 6. The van der Waals surface area contributed by atoms with E-state index >= 15 is 0 Å². The molecule has 3 aromatic rings. The number of hydrogen-bond donors (Lipinski definition) is 1. The van der Waals surface area contributed by atoms with Gasteiger partial charge in [0.2, 0.25) is 5.91 Å². The van der Waals surface area contributed by atoms with Gasteiger partial charge in [0.15, 0.2) is 11.0 Å². The van der Waals surface area contributed by atoms with Crippen LogP contribution in [0.15, 0.2) is 36.7 Å². The zero-order chi connectivity index (χ0) is 17.2. The van der Waals surface area contributed by atoms with Gasteiger partial charge in [0, 0.05) is 31.0 Å². The third-order valence-corrected chi connectivity index (χ3v) is 5.46. The highest BCUT2D eigenvalue weighted by Gasteiger charge is 2.30. The molecule has 128 valence electrons. The van der Waals surface area contributed by atoms with Crippen LogP contribution in [0.4, 0.5) is 5.13 Å². The van der Waals surface area contributed by atoms with Crippen molar-refractivity contribution in [2.24, 2.45) is 5.92 Å². The smallest absolute Gasteiger partial charge is 0.229 e. The standard InChI is InChI=1S/C18H18N4O2S/c1-24-13-5-3-12(9-13)17(23)22-18-21-14-6-4-11(10-15(14)25-18)16-19-7-2-8-20-16/h2,4,6-8,10,12-13H,3,5,9H2,1H3,(H,21,22,23). The van der Waals surface area contributed by atoms with E-state index in [9.17, 15) is 4.79 Å². The molecule has 6 nitrogen and oxygen atoms in total. The summed E-state index contributed by atoms with van der Waals surface area (Å²) < 4.78 is 6.34. The highest BCUT2D eigenvalue weighted by atomic mass is 32.1. The lowest BCUT2D eigenvalue weighted by Gasteiger charge is -2.09. The number of thiazole rings is 1. The van der Waals surface area contributed by atoms with Crippen molar-refractivity contribution in [3.05, 3.63) is 36.7 Å². The van der Waals surface area contributed by atoms with Crippen molar-refractivity contribution in [2.45, 2.75) is 25.4 Å². The first-order chi connectivity index (χ1) is 12.2. The molecule has 2 aromatic heterocycles. The van der Waals surface area contributed by atoms with Crippen molar-refractivity contribution in [1.29, 1.82) is 0 Å². The Bertz CT molecular complexity index is 896. The van der Waals surface area contributed by atoms with Gasteiger partial charge in [0.1, 0.15) is 0 Å². The van der Waals surface area contributed by atoms with Crippen LogP contribution < -0.4 is 5.32 Å². The predicted octanol–water partition coefficient (Wildman–Crippen LogP) is 3.51. The molecular formula is C18H18N4O2S. The van der Waals surface area contributed by atoms with Crippen LogP contribution in [0.2, 0.25) is 0 Å². The average Bonchev–Trinajstić information content (AvgIpc) is 3.28. The van der Waals surface area contributed by atoms with Crippen molar-refractivity contribution in [1.82, 2.24) is 15.0 Å². The van der Waals surface area contributed by atoms with E-state index in [0.29, 0.717) is 11.0 Å². The monoisotopic (exact) mass is 354 g/mol. The summed E-state index contributed by atoms with van der Waals surface area (Å²) in [5.41, 5.74) is 1.80. The number of amides is 1. The fourth-order valence-electron chi connectivity index (χ4n) is 3.17. The molecule has 1 aliphatic rings. The normalized spacial score (nSPS) is 20.0. The summed E-state index contributed by atoms with van der Waals surface area (Å²) in [6, 6.07) is 7.68. The minimum absolute atomic E-state index is 0.00485. The van der Waals surface area contributed by atoms with Crippen molar-refractivity contribution >= 4 is 32.6 Å².